The minimum atomic E-state index is 0.393. The van der Waals surface area contributed by atoms with Crippen molar-refractivity contribution in [1.29, 1.82) is 0 Å². The van der Waals surface area contributed by atoms with Crippen LogP contribution in [0.3, 0.4) is 0 Å². The molecule has 1 aromatic rings. The lowest BCUT2D eigenvalue weighted by atomic mass is 9.79. The van der Waals surface area contributed by atoms with Gasteiger partial charge in [-0.2, -0.15) is 5.10 Å². The quantitative estimate of drug-likeness (QED) is 0.906. The van der Waals surface area contributed by atoms with Crippen molar-refractivity contribution in [2.45, 2.75) is 52.0 Å². The molecule has 1 aromatic heterocycles. The zero-order chi connectivity index (χ0) is 14.1. The predicted octanol–water partition coefficient (Wildman–Crippen LogP) is 1.56. The van der Waals surface area contributed by atoms with Gasteiger partial charge in [0.2, 0.25) is 5.95 Å². The number of hydrogen-bond acceptors (Lipinski definition) is 5. The van der Waals surface area contributed by atoms with Crippen molar-refractivity contribution in [3.63, 3.8) is 0 Å². The summed E-state index contributed by atoms with van der Waals surface area (Å²) in [7, 11) is 0. The molecule has 110 valence electrons. The Morgan fingerprint density at radius 1 is 1.05 bits per heavy atom. The zero-order valence-electron chi connectivity index (χ0n) is 12.5. The molecule has 1 saturated heterocycles. The molecule has 0 amide bonds. The number of aryl methyl sites for hydroxylation is 2. The van der Waals surface area contributed by atoms with Crippen molar-refractivity contribution in [1.82, 2.24) is 15.2 Å². The summed E-state index contributed by atoms with van der Waals surface area (Å²) < 4.78 is 0. The summed E-state index contributed by atoms with van der Waals surface area (Å²) >= 11 is 0. The molecule has 0 spiro atoms. The molecule has 5 heteroatoms. The minimum absolute atomic E-state index is 0.393. The van der Waals surface area contributed by atoms with Gasteiger partial charge in [0.05, 0.1) is 11.4 Å². The Balaban J connectivity index is 1.77. The van der Waals surface area contributed by atoms with E-state index in [1.165, 1.54) is 12.8 Å². The van der Waals surface area contributed by atoms with E-state index in [0.29, 0.717) is 6.04 Å². The third kappa shape index (κ3) is 2.51. The monoisotopic (exact) mass is 275 g/mol. The van der Waals surface area contributed by atoms with E-state index >= 15 is 0 Å². The molecule has 0 bridgehead atoms. The van der Waals surface area contributed by atoms with E-state index in [1.54, 1.807) is 0 Å². The number of hydrogen-bond donors (Lipinski definition) is 1. The third-order valence-corrected chi connectivity index (χ3v) is 4.87. The van der Waals surface area contributed by atoms with Crippen molar-refractivity contribution in [3.05, 3.63) is 11.4 Å². The van der Waals surface area contributed by atoms with Gasteiger partial charge in [-0.05, 0) is 43.9 Å². The minimum Gasteiger partial charge on any atom is -0.339 e. The first-order chi connectivity index (χ1) is 9.71. The number of nitrogens with two attached hydrogens (primary N) is 1. The lowest BCUT2D eigenvalue weighted by Gasteiger charge is -2.27. The summed E-state index contributed by atoms with van der Waals surface area (Å²) in [4.78, 5) is 7.06. The molecule has 2 heterocycles. The van der Waals surface area contributed by atoms with Gasteiger partial charge < -0.3 is 10.6 Å². The van der Waals surface area contributed by atoms with Crippen LogP contribution in [-0.2, 0) is 12.8 Å². The van der Waals surface area contributed by atoms with Crippen LogP contribution < -0.4 is 10.6 Å². The standard InChI is InChI=1S/C15H25N5/c1-3-13-14(4-2)18-19-15(17-13)20-8-10-5-6-12(16)7-11(10)9-20/h10-12H,3-9,16H2,1-2H3/t10-,11+,12?/m1/s1. The number of aromatic nitrogens is 3. The molecule has 2 N–H and O–H groups in total. The fourth-order valence-electron chi connectivity index (χ4n) is 3.69. The van der Waals surface area contributed by atoms with Crippen molar-refractivity contribution in [2.75, 3.05) is 18.0 Å². The Hall–Kier alpha value is -1.23. The molecule has 1 saturated carbocycles. The van der Waals surface area contributed by atoms with Crippen molar-refractivity contribution in [2.24, 2.45) is 17.6 Å². The van der Waals surface area contributed by atoms with Crippen LogP contribution in [-0.4, -0.2) is 34.3 Å². The van der Waals surface area contributed by atoms with Crippen LogP contribution in [0.4, 0.5) is 5.95 Å². The summed E-state index contributed by atoms with van der Waals surface area (Å²) in [6.45, 7) is 6.37. The highest BCUT2D eigenvalue weighted by Crippen LogP contribution is 2.36. The van der Waals surface area contributed by atoms with Gasteiger partial charge in [-0.15, -0.1) is 5.10 Å². The van der Waals surface area contributed by atoms with E-state index in [9.17, 15) is 0 Å². The molecule has 1 aliphatic heterocycles. The Kier molecular flexibility index (Phi) is 3.87. The molecule has 1 aliphatic carbocycles. The van der Waals surface area contributed by atoms with E-state index in [4.69, 9.17) is 10.7 Å². The topological polar surface area (TPSA) is 67.9 Å². The summed E-state index contributed by atoms with van der Waals surface area (Å²) in [6, 6.07) is 0.393. The second-order valence-corrected chi connectivity index (χ2v) is 6.21. The van der Waals surface area contributed by atoms with E-state index in [-0.39, 0.29) is 0 Å². The molecule has 0 radical (unpaired) electrons. The van der Waals surface area contributed by atoms with Gasteiger partial charge >= 0.3 is 0 Å². The highest BCUT2D eigenvalue weighted by atomic mass is 15.3. The van der Waals surface area contributed by atoms with Crippen LogP contribution in [0.25, 0.3) is 0 Å². The fraction of sp³-hybridized carbons (Fsp3) is 0.800. The predicted molar refractivity (Wildman–Crippen MR) is 79.6 cm³/mol. The average Bonchev–Trinajstić information content (AvgIpc) is 2.89. The van der Waals surface area contributed by atoms with Gasteiger partial charge in [-0.1, -0.05) is 13.8 Å². The molecule has 1 unspecified atom stereocenters. The van der Waals surface area contributed by atoms with Gasteiger partial charge in [-0.3, -0.25) is 0 Å². The molecular weight excluding hydrogens is 250 g/mol. The fourth-order valence-corrected chi connectivity index (χ4v) is 3.69. The Labute approximate surface area is 121 Å². The van der Waals surface area contributed by atoms with Crippen molar-refractivity contribution in [3.8, 4) is 0 Å². The molecule has 5 nitrogen and oxygen atoms in total. The molecule has 0 aromatic carbocycles. The van der Waals surface area contributed by atoms with Gasteiger partial charge in [0, 0.05) is 19.1 Å². The highest BCUT2D eigenvalue weighted by Gasteiger charge is 2.37. The van der Waals surface area contributed by atoms with Crippen LogP contribution in [0.5, 0.6) is 0 Å². The molecule has 3 atom stereocenters. The van der Waals surface area contributed by atoms with Crippen LogP contribution >= 0.6 is 0 Å². The summed E-state index contributed by atoms with van der Waals surface area (Å²) in [5, 5.41) is 8.72. The summed E-state index contributed by atoms with van der Waals surface area (Å²) in [5.41, 5.74) is 8.23. The van der Waals surface area contributed by atoms with Gasteiger partial charge in [0.15, 0.2) is 0 Å². The lowest BCUT2D eigenvalue weighted by molar-refractivity contribution is 0.271. The van der Waals surface area contributed by atoms with Crippen LogP contribution in [0.1, 0.15) is 44.5 Å². The maximum absolute atomic E-state index is 6.10. The van der Waals surface area contributed by atoms with E-state index < -0.39 is 0 Å². The second-order valence-electron chi connectivity index (χ2n) is 6.21. The normalized spacial score (nSPS) is 29.6. The highest BCUT2D eigenvalue weighted by molar-refractivity contribution is 5.33. The van der Waals surface area contributed by atoms with Gasteiger partial charge in [0.25, 0.3) is 0 Å². The van der Waals surface area contributed by atoms with Gasteiger partial charge in [-0.25, -0.2) is 4.98 Å². The third-order valence-electron chi connectivity index (χ3n) is 4.87. The smallest absolute Gasteiger partial charge is 0.245 e. The first-order valence-electron chi connectivity index (χ1n) is 7.94. The molecule has 2 aliphatic rings. The number of nitrogens with zero attached hydrogens (tertiary/aromatic N) is 4. The molecule has 2 fully saturated rings. The van der Waals surface area contributed by atoms with E-state index in [2.05, 4.69) is 28.9 Å². The lowest BCUT2D eigenvalue weighted by Crippen LogP contribution is -2.32. The largest absolute Gasteiger partial charge is 0.339 e. The van der Waals surface area contributed by atoms with E-state index in [1.807, 2.05) is 0 Å². The number of fused-ring (bicyclic) bond motifs is 1. The zero-order valence-corrected chi connectivity index (χ0v) is 12.5. The van der Waals surface area contributed by atoms with Crippen LogP contribution in [0, 0.1) is 11.8 Å². The van der Waals surface area contributed by atoms with Crippen molar-refractivity contribution < 1.29 is 0 Å². The van der Waals surface area contributed by atoms with E-state index in [0.717, 1.165) is 61.5 Å². The molecule has 20 heavy (non-hydrogen) atoms. The maximum Gasteiger partial charge on any atom is 0.245 e. The van der Waals surface area contributed by atoms with Crippen molar-refractivity contribution >= 4 is 5.95 Å². The Morgan fingerprint density at radius 2 is 1.80 bits per heavy atom. The number of rotatable bonds is 3. The Bertz CT molecular complexity index is 475. The first-order valence-corrected chi connectivity index (χ1v) is 7.94. The first kappa shape index (κ1) is 13.7. The summed E-state index contributed by atoms with van der Waals surface area (Å²) in [5.74, 6) is 2.31. The van der Waals surface area contributed by atoms with Crippen LogP contribution in [0.15, 0.2) is 0 Å². The average molecular weight is 275 g/mol. The van der Waals surface area contributed by atoms with Gasteiger partial charge in [0.1, 0.15) is 0 Å². The summed E-state index contributed by atoms with van der Waals surface area (Å²) in [6.07, 6.45) is 5.41. The SMILES string of the molecule is CCc1nnc(N2C[C@H]3CCC(N)C[C@H]3C2)nc1CC. The van der Waals surface area contributed by atoms with Crippen LogP contribution in [0.2, 0.25) is 0 Å². The number of anilines is 1. The molecular formula is C15H25N5. The maximum atomic E-state index is 6.10. The second kappa shape index (κ2) is 5.64. The Morgan fingerprint density at radius 3 is 2.55 bits per heavy atom. The molecule has 3 rings (SSSR count).